The number of carboxylic acid groups (broad SMARTS) is 1. The lowest BCUT2D eigenvalue weighted by molar-refractivity contribution is -0.143. The van der Waals surface area contributed by atoms with E-state index >= 15 is 0 Å². The topological polar surface area (TPSA) is 86.6 Å². The molecule has 92 valence electrons. The number of hydrogen-bond donors (Lipinski definition) is 3. The van der Waals surface area contributed by atoms with E-state index in [1.54, 1.807) is 0 Å². The summed E-state index contributed by atoms with van der Waals surface area (Å²) in [5.41, 5.74) is 0. The highest BCUT2D eigenvalue weighted by atomic mass is 16.4. The lowest BCUT2D eigenvalue weighted by atomic mass is 9.87. The van der Waals surface area contributed by atoms with Crippen LogP contribution in [-0.4, -0.2) is 34.7 Å². The van der Waals surface area contributed by atoms with Crippen LogP contribution in [0.25, 0.3) is 0 Å². The summed E-state index contributed by atoms with van der Waals surface area (Å²) in [5, 5.41) is 19.7. The molecule has 3 N–H and O–H groups in total. The molecule has 0 aromatic rings. The van der Waals surface area contributed by atoms with Crippen molar-refractivity contribution in [3.05, 3.63) is 0 Å². The molecular formula is C11H19NO4. The summed E-state index contributed by atoms with van der Waals surface area (Å²) >= 11 is 0. The van der Waals surface area contributed by atoms with E-state index in [1.165, 1.54) is 6.42 Å². The third-order valence-electron chi connectivity index (χ3n) is 3.01. The maximum absolute atomic E-state index is 11.5. The molecule has 1 aliphatic carbocycles. The van der Waals surface area contributed by atoms with Gasteiger partial charge in [-0.05, 0) is 18.8 Å². The Hall–Kier alpha value is -1.10. The minimum atomic E-state index is -1.19. The maximum atomic E-state index is 11.5. The van der Waals surface area contributed by atoms with Gasteiger partial charge in [0.15, 0.2) is 0 Å². The minimum absolute atomic E-state index is 0.270. The molecule has 0 spiro atoms. The van der Waals surface area contributed by atoms with Crippen LogP contribution < -0.4 is 5.32 Å². The maximum Gasteiger partial charge on any atom is 0.328 e. The van der Waals surface area contributed by atoms with E-state index in [-0.39, 0.29) is 5.91 Å². The van der Waals surface area contributed by atoms with Crippen LogP contribution in [-0.2, 0) is 9.59 Å². The highest BCUT2D eigenvalue weighted by Crippen LogP contribution is 2.26. The van der Waals surface area contributed by atoms with Crippen molar-refractivity contribution in [2.75, 3.05) is 6.61 Å². The Kier molecular flexibility index (Phi) is 5.25. The molecule has 1 atom stereocenters. The first-order valence-electron chi connectivity index (χ1n) is 5.76. The number of hydrogen-bond acceptors (Lipinski definition) is 3. The Labute approximate surface area is 94.8 Å². The van der Waals surface area contributed by atoms with E-state index in [4.69, 9.17) is 10.2 Å². The van der Waals surface area contributed by atoms with Crippen LogP contribution in [0.4, 0.5) is 0 Å². The number of carbonyl (C=O) groups is 2. The molecule has 0 aliphatic heterocycles. The standard InChI is InChI=1S/C11H19NO4/c13-7-9(11(15)16)12-10(14)6-8-4-2-1-3-5-8/h8-9,13H,1-7H2,(H,12,14)(H,15,16)/t9-/m0/s1. The number of amides is 1. The van der Waals surface area contributed by atoms with Gasteiger partial charge in [-0.15, -0.1) is 0 Å². The van der Waals surface area contributed by atoms with Gasteiger partial charge in [-0.3, -0.25) is 4.79 Å². The summed E-state index contributed by atoms with van der Waals surface area (Å²) in [6.45, 7) is -0.564. The zero-order valence-corrected chi connectivity index (χ0v) is 9.32. The van der Waals surface area contributed by atoms with Gasteiger partial charge in [0, 0.05) is 6.42 Å². The van der Waals surface area contributed by atoms with Crippen LogP contribution in [0.5, 0.6) is 0 Å². The molecule has 0 unspecified atom stereocenters. The molecule has 1 rings (SSSR count). The van der Waals surface area contributed by atoms with Crippen molar-refractivity contribution < 1.29 is 19.8 Å². The van der Waals surface area contributed by atoms with Crippen molar-refractivity contribution in [3.8, 4) is 0 Å². The monoisotopic (exact) mass is 229 g/mol. The summed E-state index contributed by atoms with van der Waals surface area (Å²) in [6.07, 6.45) is 6.01. The van der Waals surface area contributed by atoms with Gasteiger partial charge in [-0.2, -0.15) is 0 Å². The zero-order valence-electron chi connectivity index (χ0n) is 9.32. The minimum Gasteiger partial charge on any atom is -0.480 e. The van der Waals surface area contributed by atoms with Gasteiger partial charge < -0.3 is 15.5 Å². The normalized spacial score (nSPS) is 19.1. The van der Waals surface area contributed by atoms with Gasteiger partial charge in [0.05, 0.1) is 6.61 Å². The van der Waals surface area contributed by atoms with Crippen LogP contribution >= 0.6 is 0 Å². The molecule has 16 heavy (non-hydrogen) atoms. The Morgan fingerprint density at radius 3 is 2.38 bits per heavy atom. The SMILES string of the molecule is O=C(CC1CCCCC1)N[C@@H](CO)C(=O)O. The fraction of sp³-hybridized carbons (Fsp3) is 0.818. The largest absolute Gasteiger partial charge is 0.480 e. The zero-order chi connectivity index (χ0) is 12.0. The second-order valence-electron chi connectivity index (χ2n) is 4.35. The van der Waals surface area contributed by atoms with Crippen LogP contribution in [0, 0.1) is 5.92 Å². The van der Waals surface area contributed by atoms with Gasteiger partial charge in [-0.25, -0.2) is 4.79 Å². The summed E-state index contributed by atoms with van der Waals surface area (Å²) in [5.74, 6) is -1.09. The Morgan fingerprint density at radius 2 is 1.88 bits per heavy atom. The molecule has 1 aliphatic rings. The molecule has 0 bridgehead atoms. The molecule has 0 heterocycles. The fourth-order valence-corrected chi connectivity index (χ4v) is 2.09. The number of nitrogens with one attached hydrogen (secondary N) is 1. The predicted molar refractivity (Wildman–Crippen MR) is 57.8 cm³/mol. The van der Waals surface area contributed by atoms with E-state index in [1.807, 2.05) is 0 Å². The van der Waals surface area contributed by atoms with E-state index in [0.29, 0.717) is 12.3 Å². The number of aliphatic hydroxyl groups excluding tert-OH is 1. The van der Waals surface area contributed by atoms with Gasteiger partial charge in [0.2, 0.25) is 5.91 Å². The molecule has 0 radical (unpaired) electrons. The lowest BCUT2D eigenvalue weighted by Crippen LogP contribution is -2.43. The Balaban J connectivity index is 2.31. The lowest BCUT2D eigenvalue weighted by Gasteiger charge is -2.21. The third-order valence-corrected chi connectivity index (χ3v) is 3.01. The number of rotatable bonds is 5. The molecule has 0 aromatic heterocycles. The Morgan fingerprint density at radius 1 is 1.25 bits per heavy atom. The highest BCUT2D eigenvalue weighted by molar-refractivity contribution is 5.83. The molecule has 1 saturated carbocycles. The van der Waals surface area contributed by atoms with Crippen LogP contribution in [0.2, 0.25) is 0 Å². The second kappa shape index (κ2) is 6.48. The summed E-state index contributed by atoms with van der Waals surface area (Å²) < 4.78 is 0. The van der Waals surface area contributed by atoms with Gasteiger partial charge >= 0.3 is 5.97 Å². The molecule has 0 saturated heterocycles. The summed E-state index contributed by atoms with van der Waals surface area (Å²) in [6, 6.07) is -1.17. The molecule has 1 fully saturated rings. The Bertz CT molecular complexity index is 248. The van der Waals surface area contributed by atoms with E-state index in [2.05, 4.69) is 5.32 Å². The highest BCUT2D eigenvalue weighted by Gasteiger charge is 2.22. The first-order chi connectivity index (χ1) is 7.63. The van der Waals surface area contributed by atoms with E-state index in [0.717, 1.165) is 25.7 Å². The smallest absolute Gasteiger partial charge is 0.328 e. The quantitative estimate of drug-likeness (QED) is 0.641. The van der Waals surface area contributed by atoms with Crippen molar-refractivity contribution in [1.29, 1.82) is 0 Å². The van der Waals surface area contributed by atoms with E-state index < -0.39 is 18.6 Å². The van der Waals surface area contributed by atoms with Gasteiger partial charge in [0.25, 0.3) is 0 Å². The second-order valence-corrected chi connectivity index (χ2v) is 4.35. The average molecular weight is 229 g/mol. The molecule has 0 aromatic carbocycles. The molecule has 1 amide bonds. The number of carbonyl (C=O) groups excluding carboxylic acids is 1. The average Bonchev–Trinajstić information content (AvgIpc) is 2.27. The summed E-state index contributed by atoms with van der Waals surface area (Å²) in [7, 11) is 0. The van der Waals surface area contributed by atoms with Crippen LogP contribution in [0.3, 0.4) is 0 Å². The summed E-state index contributed by atoms with van der Waals surface area (Å²) in [4.78, 5) is 22.1. The van der Waals surface area contributed by atoms with Crippen molar-refractivity contribution in [2.45, 2.75) is 44.6 Å². The number of aliphatic hydroxyl groups is 1. The molecule has 5 heteroatoms. The van der Waals surface area contributed by atoms with Crippen molar-refractivity contribution >= 4 is 11.9 Å². The van der Waals surface area contributed by atoms with Crippen molar-refractivity contribution in [2.24, 2.45) is 5.92 Å². The van der Waals surface area contributed by atoms with Crippen LogP contribution in [0.1, 0.15) is 38.5 Å². The van der Waals surface area contributed by atoms with Gasteiger partial charge in [0.1, 0.15) is 6.04 Å². The van der Waals surface area contributed by atoms with Crippen molar-refractivity contribution in [3.63, 3.8) is 0 Å². The first-order valence-corrected chi connectivity index (χ1v) is 5.76. The van der Waals surface area contributed by atoms with E-state index in [9.17, 15) is 9.59 Å². The molecular weight excluding hydrogens is 210 g/mol. The van der Waals surface area contributed by atoms with Gasteiger partial charge in [-0.1, -0.05) is 19.3 Å². The third kappa shape index (κ3) is 4.18. The van der Waals surface area contributed by atoms with Crippen LogP contribution in [0.15, 0.2) is 0 Å². The number of aliphatic carboxylic acids is 1. The molecule has 5 nitrogen and oxygen atoms in total. The van der Waals surface area contributed by atoms with Crippen molar-refractivity contribution in [1.82, 2.24) is 5.32 Å². The fourth-order valence-electron chi connectivity index (χ4n) is 2.09. The number of carboxylic acids is 1. The first kappa shape index (κ1) is 13.0. The predicted octanol–water partition coefficient (Wildman–Crippen LogP) is 0.518.